The van der Waals surface area contributed by atoms with Crippen molar-refractivity contribution in [3.8, 4) is 0 Å². The first-order chi connectivity index (χ1) is 8.11. The number of hydrogen-bond donors (Lipinski definition) is 0. The quantitative estimate of drug-likeness (QED) is 0.780. The van der Waals surface area contributed by atoms with E-state index in [1.807, 2.05) is 29.5 Å². The molecule has 2 rings (SSSR count). The van der Waals surface area contributed by atoms with Crippen molar-refractivity contribution in [1.82, 2.24) is 19.7 Å². The monoisotopic (exact) mass is 346 g/mol. The van der Waals surface area contributed by atoms with E-state index in [1.54, 1.807) is 6.92 Å². The van der Waals surface area contributed by atoms with Crippen LogP contribution in [0.5, 0.6) is 0 Å². The van der Waals surface area contributed by atoms with Crippen molar-refractivity contribution in [3.05, 3.63) is 37.7 Å². The molecular formula is C10H11IN4O2. The molecule has 0 aliphatic carbocycles. The molecule has 0 aliphatic rings. The average molecular weight is 346 g/mol. The second-order valence-electron chi connectivity index (χ2n) is 3.53. The molecule has 0 aromatic carbocycles. The minimum absolute atomic E-state index is 0.0825. The van der Waals surface area contributed by atoms with E-state index in [9.17, 15) is 4.79 Å². The molecule has 17 heavy (non-hydrogen) atoms. The van der Waals surface area contributed by atoms with Crippen LogP contribution >= 0.6 is 22.6 Å². The van der Waals surface area contributed by atoms with Crippen LogP contribution < -0.4 is 5.56 Å². The van der Waals surface area contributed by atoms with Gasteiger partial charge in [0, 0.05) is 6.42 Å². The number of halogens is 1. The Morgan fingerprint density at radius 3 is 2.94 bits per heavy atom. The molecule has 0 aliphatic heterocycles. The van der Waals surface area contributed by atoms with Crippen LogP contribution in [0, 0.1) is 10.5 Å². The Bertz CT molecular complexity index is 590. The molecule has 0 N–H and O–H groups in total. The summed E-state index contributed by atoms with van der Waals surface area (Å²) in [5.41, 5.74) is 0.648. The van der Waals surface area contributed by atoms with Gasteiger partial charge in [0.25, 0.3) is 5.56 Å². The van der Waals surface area contributed by atoms with Crippen LogP contribution in [0.1, 0.15) is 24.3 Å². The van der Waals surface area contributed by atoms with E-state index in [1.165, 1.54) is 10.9 Å². The number of hydrogen-bond acceptors (Lipinski definition) is 5. The van der Waals surface area contributed by atoms with Gasteiger partial charge in [-0.25, -0.2) is 4.98 Å². The van der Waals surface area contributed by atoms with Gasteiger partial charge in [0.05, 0.1) is 22.1 Å². The highest BCUT2D eigenvalue weighted by molar-refractivity contribution is 14.1. The average Bonchev–Trinajstić information content (AvgIpc) is 2.78. The Labute approximate surface area is 111 Å². The van der Waals surface area contributed by atoms with Gasteiger partial charge in [0.15, 0.2) is 5.82 Å². The summed E-state index contributed by atoms with van der Waals surface area (Å²) in [6.45, 7) is 4.02. The highest BCUT2D eigenvalue weighted by Gasteiger charge is 2.09. The number of nitrogens with zero attached hydrogens (tertiary/aromatic N) is 4. The van der Waals surface area contributed by atoms with Gasteiger partial charge in [-0.05, 0) is 29.5 Å². The highest BCUT2D eigenvalue weighted by atomic mass is 127. The largest absolute Gasteiger partial charge is 0.339 e. The Morgan fingerprint density at radius 2 is 2.29 bits per heavy atom. The van der Waals surface area contributed by atoms with Gasteiger partial charge in [-0.15, -0.1) is 0 Å². The van der Waals surface area contributed by atoms with Crippen molar-refractivity contribution < 1.29 is 4.52 Å². The van der Waals surface area contributed by atoms with Crippen molar-refractivity contribution in [2.24, 2.45) is 0 Å². The topological polar surface area (TPSA) is 73.8 Å². The summed E-state index contributed by atoms with van der Waals surface area (Å²) in [6, 6.07) is 0. The maximum absolute atomic E-state index is 11.9. The van der Waals surface area contributed by atoms with Crippen LogP contribution in [0.25, 0.3) is 0 Å². The van der Waals surface area contributed by atoms with Gasteiger partial charge >= 0.3 is 0 Å². The second kappa shape index (κ2) is 4.94. The third kappa shape index (κ3) is 2.54. The molecule has 0 atom stereocenters. The molecule has 0 unspecified atom stereocenters. The molecule has 0 radical (unpaired) electrons. The molecule has 6 nitrogen and oxygen atoms in total. The van der Waals surface area contributed by atoms with Crippen LogP contribution in [0.15, 0.2) is 15.6 Å². The van der Waals surface area contributed by atoms with Gasteiger partial charge in [-0.1, -0.05) is 12.1 Å². The molecular weight excluding hydrogens is 335 g/mol. The van der Waals surface area contributed by atoms with E-state index in [4.69, 9.17) is 4.52 Å². The van der Waals surface area contributed by atoms with Crippen LogP contribution in [0.2, 0.25) is 0 Å². The highest BCUT2D eigenvalue weighted by Crippen LogP contribution is 2.03. The van der Waals surface area contributed by atoms with E-state index in [-0.39, 0.29) is 12.1 Å². The summed E-state index contributed by atoms with van der Waals surface area (Å²) >= 11 is 1.99. The van der Waals surface area contributed by atoms with Crippen molar-refractivity contribution in [2.45, 2.75) is 26.8 Å². The summed E-state index contributed by atoms with van der Waals surface area (Å²) in [4.78, 5) is 20.2. The van der Waals surface area contributed by atoms with Crippen molar-refractivity contribution in [1.29, 1.82) is 0 Å². The fourth-order valence-electron chi connectivity index (χ4n) is 1.31. The summed E-state index contributed by atoms with van der Waals surface area (Å²) in [5.74, 6) is 1.06. The molecule has 2 heterocycles. The van der Waals surface area contributed by atoms with E-state index in [0.717, 1.165) is 5.69 Å². The summed E-state index contributed by atoms with van der Waals surface area (Å²) in [7, 11) is 0. The van der Waals surface area contributed by atoms with Gasteiger partial charge in [-0.3, -0.25) is 9.36 Å². The molecule has 2 aromatic heterocycles. The lowest BCUT2D eigenvalue weighted by Crippen LogP contribution is -2.25. The van der Waals surface area contributed by atoms with E-state index >= 15 is 0 Å². The molecule has 7 heteroatoms. The lowest BCUT2D eigenvalue weighted by Gasteiger charge is -2.03. The molecule has 0 bridgehead atoms. The van der Waals surface area contributed by atoms with Crippen LogP contribution in [-0.2, 0) is 13.0 Å². The van der Waals surface area contributed by atoms with Crippen molar-refractivity contribution in [2.75, 3.05) is 0 Å². The lowest BCUT2D eigenvalue weighted by atomic mass is 10.4. The maximum atomic E-state index is 11.9. The van der Waals surface area contributed by atoms with E-state index in [0.29, 0.717) is 21.7 Å². The number of aryl methyl sites for hydroxylation is 2. The molecule has 0 spiro atoms. The predicted octanol–water partition coefficient (Wildman–Crippen LogP) is 1.15. The first-order valence-electron chi connectivity index (χ1n) is 5.14. The number of rotatable bonds is 3. The normalized spacial score (nSPS) is 10.8. The Hall–Kier alpha value is -1.25. The van der Waals surface area contributed by atoms with E-state index < -0.39 is 0 Å². The molecule has 2 aromatic rings. The molecule has 0 amide bonds. The zero-order valence-corrected chi connectivity index (χ0v) is 11.6. The van der Waals surface area contributed by atoms with Gasteiger partial charge < -0.3 is 4.52 Å². The first kappa shape index (κ1) is 12.2. The molecule has 90 valence electrons. The number of aromatic nitrogens is 4. The van der Waals surface area contributed by atoms with E-state index in [2.05, 4.69) is 15.1 Å². The minimum Gasteiger partial charge on any atom is -0.339 e. The summed E-state index contributed by atoms with van der Waals surface area (Å²) < 4.78 is 7.07. The van der Waals surface area contributed by atoms with Crippen LogP contribution in [0.4, 0.5) is 0 Å². The molecule has 0 fully saturated rings. The summed E-state index contributed by atoms with van der Waals surface area (Å²) in [5, 5.41) is 3.80. The Kier molecular flexibility index (Phi) is 3.55. The minimum atomic E-state index is -0.0825. The third-order valence-corrected chi connectivity index (χ3v) is 3.52. The lowest BCUT2D eigenvalue weighted by molar-refractivity contribution is 0.375. The Morgan fingerprint density at radius 1 is 1.53 bits per heavy atom. The smallest absolute Gasteiger partial charge is 0.267 e. The van der Waals surface area contributed by atoms with Crippen LogP contribution in [0.3, 0.4) is 0 Å². The van der Waals surface area contributed by atoms with Gasteiger partial charge in [-0.2, -0.15) is 4.98 Å². The SMILES string of the molecule is CCc1nc(Cn2cnc(C)c(I)c2=O)no1. The molecule has 0 saturated carbocycles. The van der Waals surface area contributed by atoms with Gasteiger partial charge in [0.1, 0.15) is 0 Å². The molecule has 0 saturated heterocycles. The maximum Gasteiger partial charge on any atom is 0.267 e. The standard InChI is InChI=1S/C10H11IN4O2/c1-3-8-13-7(14-17-8)4-15-5-12-6(2)9(11)10(15)16/h5H,3-4H2,1-2H3. The third-order valence-electron chi connectivity index (χ3n) is 2.28. The fraction of sp³-hybridized carbons (Fsp3) is 0.400. The zero-order chi connectivity index (χ0) is 12.4. The van der Waals surface area contributed by atoms with Crippen LogP contribution in [-0.4, -0.2) is 19.7 Å². The van der Waals surface area contributed by atoms with Crippen molar-refractivity contribution >= 4 is 22.6 Å². The van der Waals surface area contributed by atoms with Crippen molar-refractivity contribution in [3.63, 3.8) is 0 Å². The summed E-state index contributed by atoms with van der Waals surface area (Å²) in [6.07, 6.45) is 2.19. The zero-order valence-electron chi connectivity index (χ0n) is 9.47. The van der Waals surface area contributed by atoms with Gasteiger partial charge in [0.2, 0.25) is 5.89 Å². The Balaban J connectivity index is 2.30. The predicted molar refractivity (Wildman–Crippen MR) is 68.7 cm³/mol. The second-order valence-corrected chi connectivity index (χ2v) is 4.61. The first-order valence-corrected chi connectivity index (χ1v) is 6.22. The fourth-order valence-corrected chi connectivity index (χ4v) is 1.76.